The topological polar surface area (TPSA) is 83.8 Å². The highest BCUT2D eigenvalue weighted by Crippen LogP contribution is 2.21. The SMILES string of the molecule is Cl.Cl.NC[C@@H](C(=O)Nc1ccc(-c2cn[nH]c2)cc1)c1ccccc1. The van der Waals surface area contributed by atoms with E-state index in [2.05, 4.69) is 15.5 Å². The van der Waals surface area contributed by atoms with Crippen molar-refractivity contribution >= 4 is 36.4 Å². The number of rotatable bonds is 5. The number of nitrogens with two attached hydrogens (primary N) is 1. The summed E-state index contributed by atoms with van der Waals surface area (Å²) in [6, 6.07) is 17.2. The number of nitrogens with one attached hydrogen (secondary N) is 2. The smallest absolute Gasteiger partial charge is 0.233 e. The van der Waals surface area contributed by atoms with Crippen LogP contribution >= 0.6 is 24.8 Å². The van der Waals surface area contributed by atoms with Gasteiger partial charge in [-0.05, 0) is 23.3 Å². The highest BCUT2D eigenvalue weighted by atomic mass is 35.5. The third kappa shape index (κ3) is 5.06. The molecule has 4 N–H and O–H groups in total. The molecule has 25 heavy (non-hydrogen) atoms. The van der Waals surface area contributed by atoms with E-state index in [1.54, 1.807) is 6.20 Å². The summed E-state index contributed by atoms with van der Waals surface area (Å²) in [6.07, 6.45) is 3.58. The molecule has 0 saturated heterocycles. The predicted octanol–water partition coefficient (Wildman–Crippen LogP) is 3.60. The highest BCUT2D eigenvalue weighted by Gasteiger charge is 2.18. The Kier molecular flexibility index (Phi) is 8.15. The summed E-state index contributed by atoms with van der Waals surface area (Å²) >= 11 is 0. The van der Waals surface area contributed by atoms with Crippen molar-refractivity contribution in [1.29, 1.82) is 0 Å². The van der Waals surface area contributed by atoms with Gasteiger partial charge in [0.25, 0.3) is 0 Å². The summed E-state index contributed by atoms with van der Waals surface area (Å²) < 4.78 is 0. The predicted molar refractivity (Wildman–Crippen MR) is 105 cm³/mol. The molecule has 1 amide bonds. The number of hydrogen-bond acceptors (Lipinski definition) is 3. The fourth-order valence-electron chi connectivity index (χ4n) is 2.46. The average molecular weight is 379 g/mol. The number of aromatic nitrogens is 2. The molecule has 3 rings (SSSR count). The van der Waals surface area contributed by atoms with Gasteiger partial charge in [-0.3, -0.25) is 9.89 Å². The molecule has 0 aliphatic carbocycles. The molecule has 0 saturated carbocycles. The van der Waals surface area contributed by atoms with E-state index in [9.17, 15) is 4.79 Å². The first kappa shape index (κ1) is 20.7. The second-order valence-electron chi connectivity index (χ2n) is 5.25. The third-order valence-electron chi connectivity index (χ3n) is 3.74. The first-order valence-electron chi connectivity index (χ1n) is 7.43. The van der Waals surface area contributed by atoms with Crippen LogP contribution in [0.5, 0.6) is 0 Å². The number of nitrogens with zero attached hydrogens (tertiary/aromatic N) is 1. The maximum Gasteiger partial charge on any atom is 0.233 e. The van der Waals surface area contributed by atoms with E-state index < -0.39 is 0 Å². The number of anilines is 1. The molecule has 0 radical (unpaired) electrons. The number of carbonyl (C=O) groups is 1. The van der Waals surface area contributed by atoms with Crippen molar-refractivity contribution in [1.82, 2.24) is 10.2 Å². The highest BCUT2D eigenvalue weighted by molar-refractivity contribution is 5.96. The van der Waals surface area contributed by atoms with Gasteiger partial charge in [0.2, 0.25) is 5.91 Å². The number of aromatic amines is 1. The van der Waals surface area contributed by atoms with Gasteiger partial charge in [-0.25, -0.2) is 0 Å². The number of carbonyl (C=O) groups excluding carboxylic acids is 1. The molecule has 2 aromatic carbocycles. The van der Waals surface area contributed by atoms with Crippen molar-refractivity contribution in [3.8, 4) is 11.1 Å². The second kappa shape index (κ2) is 9.84. The van der Waals surface area contributed by atoms with Crippen molar-refractivity contribution in [2.45, 2.75) is 5.92 Å². The molecule has 0 bridgehead atoms. The van der Waals surface area contributed by atoms with Crippen LogP contribution in [-0.4, -0.2) is 22.6 Å². The Bertz CT molecular complexity index is 762. The lowest BCUT2D eigenvalue weighted by Gasteiger charge is -2.15. The standard InChI is InChI=1S/C18H18N4O.2ClH/c19-10-17(14-4-2-1-3-5-14)18(23)22-16-8-6-13(7-9-16)15-11-20-21-12-15;;/h1-9,11-12,17H,10,19H2,(H,20,21)(H,22,23);2*1H/t17-;;/m1../s1. The van der Waals surface area contributed by atoms with Crippen LogP contribution in [0.25, 0.3) is 11.1 Å². The Balaban J connectivity index is 0.00000156. The van der Waals surface area contributed by atoms with Gasteiger partial charge in [0.05, 0.1) is 12.1 Å². The maximum absolute atomic E-state index is 12.5. The summed E-state index contributed by atoms with van der Waals surface area (Å²) in [5, 5.41) is 9.63. The molecule has 0 spiro atoms. The van der Waals surface area contributed by atoms with Gasteiger partial charge in [0.15, 0.2) is 0 Å². The van der Waals surface area contributed by atoms with Gasteiger partial charge < -0.3 is 11.1 Å². The Hall–Kier alpha value is -2.34. The van der Waals surface area contributed by atoms with E-state index in [1.165, 1.54) is 0 Å². The summed E-state index contributed by atoms with van der Waals surface area (Å²) in [5.74, 6) is -0.459. The van der Waals surface area contributed by atoms with Gasteiger partial charge in [0.1, 0.15) is 0 Å². The molecule has 3 aromatic rings. The van der Waals surface area contributed by atoms with Crippen LogP contribution < -0.4 is 11.1 Å². The number of amides is 1. The first-order valence-corrected chi connectivity index (χ1v) is 7.43. The molecule has 1 atom stereocenters. The second-order valence-corrected chi connectivity index (χ2v) is 5.25. The number of halogens is 2. The molecule has 1 heterocycles. The molecule has 0 unspecified atom stereocenters. The molecule has 5 nitrogen and oxygen atoms in total. The van der Waals surface area contributed by atoms with Crippen LogP contribution in [0.3, 0.4) is 0 Å². The molecular formula is C18H20Cl2N4O. The average Bonchev–Trinajstić information content (AvgIpc) is 3.12. The van der Waals surface area contributed by atoms with Crippen molar-refractivity contribution < 1.29 is 4.79 Å². The minimum atomic E-state index is -0.357. The lowest BCUT2D eigenvalue weighted by molar-refractivity contribution is -0.117. The van der Waals surface area contributed by atoms with Gasteiger partial charge >= 0.3 is 0 Å². The van der Waals surface area contributed by atoms with Crippen LogP contribution in [0.1, 0.15) is 11.5 Å². The molecule has 1 aromatic heterocycles. The zero-order valence-corrected chi connectivity index (χ0v) is 15.0. The van der Waals surface area contributed by atoms with Crippen molar-refractivity contribution in [3.05, 3.63) is 72.6 Å². The summed E-state index contributed by atoms with van der Waals surface area (Å²) in [4.78, 5) is 12.5. The van der Waals surface area contributed by atoms with E-state index in [4.69, 9.17) is 5.73 Å². The lowest BCUT2D eigenvalue weighted by Crippen LogP contribution is -2.27. The number of benzene rings is 2. The minimum absolute atomic E-state index is 0. The van der Waals surface area contributed by atoms with Gasteiger partial charge in [-0.1, -0.05) is 42.5 Å². The Morgan fingerprint density at radius 1 is 1.04 bits per heavy atom. The van der Waals surface area contributed by atoms with E-state index in [-0.39, 0.29) is 43.2 Å². The van der Waals surface area contributed by atoms with Crippen molar-refractivity contribution in [2.75, 3.05) is 11.9 Å². The molecule has 0 aliphatic heterocycles. The normalized spacial score (nSPS) is 10.9. The Morgan fingerprint density at radius 2 is 1.72 bits per heavy atom. The molecular weight excluding hydrogens is 359 g/mol. The molecule has 7 heteroatoms. The van der Waals surface area contributed by atoms with Crippen molar-refractivity contribution in [2.24, 2.45) is 5.73 Å². The van der Waals surface area contributed by atoms with Crippen LogP contribution in [0, 0.1) is 0 Å². The molecule has 0 fully saturated rings. The van der Waals surface area contributed by atoms with E-state index >= 15 is 0 Å². The summed E-state index contributed by atoms with van der Waals surface area (Å²) in [6.45, 7) is 0.267. The quantitative estimate of drug-likeness (QED) is 0.633. The van der Waals surface area contributed by atoms with Crippen LogP contribution in [0.2, 0.25) is 0 Å². The summed E-state index contributed by atoms with van der Waals surface area (Å²) in [7, 11) is 0. The molecule has 132 valence electrons. The summed E-state index contributed by atoms with van der Waals surface area (Å²) in [5.41, 5.74) is 9.49. The monoisotopic (exact) mass is 378 g/mol. The van der Waals surface area contributed by atoms with Crippen LogP contribution in [0.4, 0.5) is 5.69 Å². The first-order chi connectivity index (χ1) is 11.3. The fraction of sp³-hybridized carbons (Fsp3) is 0.111. The van der Waals surface area contributed by atoms with Crippen LogP contribution in [0.15, 0.2) is 67.0 Å². The minimum Gasteiger partial charge on any atom is -0.329 e. The van der Waals surface area contributed by atoms with Gasteiger partial charge in [-0.15, -0.1) is 24.8 Å². The number of hydrogen-bond donors (Lipinski definition) is 3. The lowest BCUT2D eigenvalue weighted by atomic mass is 9.98. The third-order valence-corrected chi connectivity index (χ3v) is 3.74. The zero-order valence-electron chi connectivity index (χ0n) is 13.4. The Morgan fingerprint density at radius 3 is 2.28 bits per heavy atom. The van der Waals surface area contributed by atoms with E-state index in [0.29, 0.717) is 0 Å². The van der Waals surface area contributed by atoms with Crippen LogP contribution in [-0.2, 0) is 4.79 Å². The fourth-order valence-corrected chi connectivity index (χ4v) is 2.46. The van der Waals surface area contributed by atoms with Crippen molar-refractivity contribution in [3.63, 3.8) is 0 Å². The van der Waals surface area contributed by atoms with Gasteiger partial charge in [-0.2, -0.15) is 5.10 Å². The maximum atomic E-state index is 12.5. The van der Waals surface area contributed by atoms with Gasteiger partial charge in [0, 0.05) is 24.0 Å². The van der Waals surface area contributed by atoms with E-state index in [1.807, 2.05) is 60.8 Å². The van der Waals surface area contributed by atoms with E-state index in [0.717, 1.165) is 22.4 Å². The number of H-pyrrole nitrogens is 1. The molecule has 0 aliphatic rings. The Labute approximate surface area is 158 Å². The largest absolute Gasteiger partial charge is 0.329 e. The zero-order chi connectivity index (χ0) is 16.1.